The van der Waals surface area contributed by atoms with Crippen LogP contribution >= 0.6 is 15.9 Å². The Bertz CT molecular complexity index is 661. The number of aryl methyl sites for hydroxylation is 1. The number of alkyl halides is 3. The van der Waals surface area contributed by atoms with Crippen LogP contribution in [0.3, 0.4) is 0 Å². The molecule has 0 amide bonds. The van der Waals surface area contributed by atoms with Gasteiger partial charge in [-0.1, -0.05) is 12.1 Å². The summed E-state index contributed by atoms with van der Waals surface area (Å²) in [6.45, 7) is 1.74. The van der Waals surface area contributed by atoms with E-state index in [2.05, 4.69) is 26.0 Å². The minimum absolute atomic E-state index is 0.0633. The fraction of sp³-hybridized carbons (Fsp3) is 0.167. The van der Waals surface area contributed by atoms with Crippen molar-refractivity contribution in [2.45, 2.75) is 13.1 Å². The fourth-order valence-corrected chi connectivity index (χ4v) is 2.18. The second-order valence-electron chi connectivity index (χ2n) is 4.04. The number of nitrogens with two attached hydrogens (primary N) is 1. The number of halogens is 4. The van der Waals surface area contributed by atoms with E-state index in [4.69, 9.17) is 5.73 Å². The van der Waals surface area contributed by atoms with Crippen molar-refractivity contribution in [1.82, 2.24) is 9.66 Å². The minimum atomic E-state index is -4.42. The molecule has 0 atom stereocenters. The smallest absolute Gasteiger partial charge is 0.368 e. The third-order valence-electron chi connectivity index (χ3n) is 2.49. The summed E-state index contributed by atoms with van der Waals surface area (Å²) in [5.74, 6) is 0.168. The van der Waals surface area contributed by atoms with Crippen LogP contribution in [-0.2, 0) is 6.18 Å². The molecule has 20 heavy (non-hydrogen) atoms. The van der Waals surface area contributed by atoms with Crippen molar-refractivity contribution in [2.24, 2.45) is 5.10 Å². The average Bonchev–Trinajstić information content (AvgIpc) is 2.65. The van der Waals surface area contributed by atoms with Crippen molar-refractivity contribution in [2.75, 3.05) is 5.73 Å². The summed E-state index contributed by atoms with van der Waals surface area (Å²) in [6.07, 6.45) is -1.56. The van der Waals surface area contributed by atoms with Crippen LogP contribution in [0, 0.1) is 6.92 Å². The van der Waals surface area contributed by atoms with Gasteiger partial charge in [-0.15, -0.1) is 0 Å². The summed E-state index contributed by atoms with van der Waals surface area (Å²) in [4.78, 5) is 3.94. The van der Waals surface area contributed by atoms with Gasteiger partial charge >= 0.3 is 6.18 Å². The van der Waals surface area contributed by atoms with Crippen LogP contribution in [0.4, 0.5) is 19.1 Å². The molecule has 1 aromatic carbocycles. The molecule has 0 spiro atoms. The second-order valence-corrected chi connectivity index (χ2v) is 4.83. The van der Waals surface area contributed by atoms with E-state index in [1.54, 1.807) is 13.1 Å². The molecular weight excluding hydrogens is 337 g/mol. The van der Waals surface area contributed by atoms with Gasteiger partial charge in [-0.2, -0.15) is 18.3 Å². The topological polar surface area (TPSA) is 56.2 Å². The molecule has 0 saturated carbocycles. The van der Waals surface area contributed by atoms with Crippen LogP contribution in [-0.4, -0.2) is 15.9 Å². The molecule has 0 radical (unpaired) electrons. The number of rotatable bonds is 2. The molecule has 2 aromatic rings. The molecule has 2 rings (SSSR count). The maximum Gasteiger partial charge on any atom is 0.417 e. The molecule has 0 fully saturated rings. The largest absolute Gasteiger partial charge is 0.417 e. The Morgan fingerprint density at radius 2 is 2.10 bits per heavy atom. The molecule has 106 valence electrons. The van der Waals surface area contributed by atoms with Gasteiger partial charge in [-0.3, -0.25) is 0 Å². The van der Waals surface area contributed by atoms with Crippen LogP contribution in [0.2, 0.25) is 0 Å². The van der Waals surface area contributed by atoms with E-state index in [0.29, 0.717) is 11.3 Å². The Labute approximate surface area is 121 Å². The van der Waals surface area contributed by atoms with Gasteiger partial charge in [0.15, 0.2) is 0 Å². The van der Waals surface area contributed by atoms with E-state index in [-0.39, 0.29) is 10.4 Å². The Morgan fingerprint density at radius 1 is 1.40 bits per heavy atom. The molecule has 8 heteroatoms. The summed E-state index contributed by atoms with van der Waals surface area (Å²) in [5, 5.41) is 3.99. The summed E-state index contributed by atoms with van der Waals surface area (Å²) < 4.78 is 39.5. The average molecular weight is 347 g/mol. The Morgan fingerprint density at radius 3 is 2.65 bits per heavy atom. The van der Waals surface area contributed by atoms with E-state index in [9.17, 15) is 13.2 Å². The van der Waals surface area contributed by atoms with Crippen LogP contribution in [0.15, 0.2) is 34.0 Å². The zero-order chi connectivity index (χ0) is 14.9. The maximum atomic E-state index is 12.7. The van der Waals surface area contributed by atoms with Gasteiger partial charge in [0, 0.05) is 10.0 Å². The highest BCUT2D eigenvalue weighted by Crippen LogP contribution is 2.35. The lowest BCUT2D eigenvalue weighted by molar-refractivity contribution is -0.138. The number of hydrogen-bond donors (Lipinski definition) is 1. The quantitative estimate of drug-likeness (QED) is 0.847. The first kappa shape index (κ1) is 14.6. The number of nitrogens with zero attached hydrogens (tertiary/aromatic N) is 3. The number of nitrogen functional groups attached to an aromatic ring is 1. The molecule has 4 nitrogen and oxygen atoms in total. The highest BCUT2D eigenvalue weighted by molar-refractivity contribution is 9.10. The molecule has 0 bridgehead atoms. The summed E-state index contributed by atoms with van der Waals surface area (Å²) in [6, 6.07) is 3.83. The summed E-state index contributed by atoms with van der Waals surface area (Å²) in [7, 11) is 0. The van der Waals surface area contributed by atoms with Crippen LogP contribution in [0.5, 0.6) is 0 Å². The summed E-state index contributed by atoms with van der Waals surface area (Å²) in [5.41, 5.74) is 5.80. The lowest BCUT2D eigenvalue weighted by Crippen LogP contribution is -2.07. The Kier molecular flexibility index (Phi) is 3.85. The van der Waals surface area contributed by atoms with Gasteiger partial charge in [-0.05, 0) is 28.9 Å². The van der Waals surface area contributed by atoms with Gasteiger partial charge in [-0.25, -0.2) is 9.66 Å². The lowest BCUT2D eigenvalue weighted by atomic mass is 10.1. The number of hydrogen-bond acceptors (Lipinski definition) is 3. The highest BCUT2D eigenvalue weighted by Gasteiger charge is 2.33. The zero-order valence-corrected chi connectivity index (χ0v) is 11.9. The molecule has 2 N–H and O–H groups in total. The molecule has 0 aliphatic carbocycles. The fourth-order valence-electron chi connectivity index (χ4n) is 1.59. The first-order chi connectivity index (χ1) is 9.29. The SMILES string of the molecule is Cc1cn(N=Cc2cccc(C(F)(F)F)c2Br)c(N)n1. The number of benzene rings is 1. The van der Waals surface area contributed by atoms with E-state index in [1.165, 1.54) is 23.0 Å². The summed E-state index contributed by atoms with van der Waals surface area (Å²) >= 11 is 2.95. The Balaban J connectivity index is 2.37. The molecular formula is C12H10BrF3N4. The first-order valence-electron chi connectivity index (χ1n) is 5.50. The molecule has 0 saturated heterocycles. The van der Waals surface area contributed by atoms with Crippen molar-refractivity contribution in [3.63, 3.8) is 0 Å². The highest BCUT2D eigenvalue weighted by atomic mass is 79.9. The van der Waals surface area contributed by atoms with E-state index in [1.807, 2.05) is 0 Å². The van der Waals surface area contributed by atoms with Gasteiger partial charge in [0.1, 0.15) is 0 Å². The molecule has 0 unspecified atom stereocenters. The normalized spacial score (nSPS) is 12.2. The van der Waals surface area contributed by atoms with Gasteiger partial charge in [0.25, 0.3) is 0 Å². The van der Waals surface area contributed by atoms with Crippen LogP contribution in [0.25, 0.3) is 0 Å². The van der Waals surface area contributed by atoms with Gasteiger partial charge in [0.05, 0.1) is 23.7 Å². The number of imidazole rings is 1. The van der Waals surface area contributed by atoms with Crippen molar-refractivity contribution >= 4 is 28.1 Å². The van der Waals surface area contributed by atoms with Crippen molar-refractivity contribution < 1.29 is 13.2 Å². The third-order valence-corrected chi connectivity index (χ3v) is 3.37. The molecule has 0 aliphatic rings. The third kappa shape index (κ3) is 3.01. The maximum absolute atomic E-state index is 12.7. The minimum Gasteiger partial charge on any atom is -0.368 e. The predicted molar refractivity (Wildman–Crippen MR) is 73.5 cm³/mol. The Hall–Kier alpha value is -1.83. The standard InChI is InChI=1S/C12H10BrF3N4/c1-7-6-20(11(17)19-7)18-5-8-3-2-4-9(10(8)13)12(14,15)16/h2-6H,1H3,(H2,17,19). The van der Waals surface area contributed by atoms with E-state index < -0.39 is 11.7 Å². The molecule has 0 aliphatic heterocycles. The lowest BCUT2D eigenvalue weighted by Gasteiger charge is -2.10. The monoisotopic (exact) mass is 346 g/mol. The van der Waals surface area contributed by atoms with Crippen molar-refractivity contribution in [3.05, 3.63) is 45.7 Å². The van der Waals surface area contributed by atoms with Gasteiger partial charge in [0.2, 0.25) is 5.95 Å². The van der Waals surface area contributed by atoms with E-state index in [0.717, 1.165) is 6.07 Å². The second kappa shape index (κ2) is 5.28. The molecule has 1 heterocycles. The van der Waals surface area contributed by atoms with E-state index >= 15 is 0 Å². The van der Waals surface area contributed by atoms with Crippen LogP contribution < -0.4 is 5.73 Å². The van der Waals surface area contributed by atoms with Crippen molar-refractivity contribution in [1.29, 1.82) is 0 Å². The van der Waals surface area contributed by atoms with Crippen LogP contribution in [0.1, 0.15) is 16.8 Å². The number of aromatic nitrogens is 2. The zero-order valence-electron chi connectivity index (χ0n) is 10.3. The predicted octanol–water partition coefficient (Wildman–Crippen LogP) is 3.44. The van der Waals surface area contributed by atoms with Gasteiger partial charge < -0.3 is 5.73 Å². The number of anilines is 1. The molecule has 1 aromatic heterocycles. The van der Waals surface area contributed by atoms with Crippen molar-refractivity contribution in [3.8, 4) is 0 Å². The first-order valence-corrected chi connectivity index (χ1v) is 6.30.